The van der Waals surface area contributed by atoms with Gasteiger partial charge in [-0.15, -0.1) is 11.6 Å². The second kappa shape index (κ2) is 5.39. The van der Waals surface area contributed by atoms with E-state index in [0.29, 0.717) is 5.88 Å². The molecule has 0 spiro atoms. The molecule has 0 aliphatic carbocycles. The summed E-state index contributed by atoms with van der Waals surface area (Å²) in [4.78, 5) is 10.8. The Morgan fingerprint density at radius 1 is 1.27 bits per heavy atom. The molecule has 2 heterocycles. The average Bonchev–Trinajstić information content (AvgIpc) is 2.31. The lowest BCUT2D eigenvalue weighted by molar-refractivity contribution is 0.0330. The van der Waals surface area contributed by atoms with Gasteiger partial charge in [0.15, 0.2) is 0 Å². The molecule has 82 valence electrons. The molecule has 0 amide bonds. The molecule has 1 aromatic rings. The summed E-state index contributed by atoms with van der Waals surface area (Å²) in [5.74, 6) is 1.32. The van der Waals surface area contributed by atoms with Gasteiger partial charge in [-0.3, -0.25) is 4.90 Å². The lowest BCUT2D eigenvalue weighted by Gasteiger charge is -2.25. The van der Waals surface area contributed by atoms with Gasteiger partial charge in [0.25, 0.3) is 0 Å². The Balaban J connectivity index is 1.91. The van der Waals surface area contributed by atoms with Crippen LogP contribution in [-0.4, -0.2) is 41.2 Å². The van der Waals surface area contributed by atoms with Gasteiger partial charge in [-0.25, -0.2) is 9.97 Å². The van der Waals surface area contributed by atoms with E-state index in [0.717, 1.165) is 44.2 Å². The molecule has 2 rings (SSSR count). The summed E-state index contributed by atoms with van der Waals surface area (Å²) in [7, 11) is 0. The smallest absolute Gasteiger partial charge is 0.142 e. The number of rotatable bonds is 3. The largest absolute Gasteiger partial charge is 0.379 e. The fraction of sp³-hybridized carbons (Fsp3) is 0.600. The zero-order chi connectivity index (χ0) is 10.5. The highest BCUT2D eigenvalue weighted by molar-refractivity contribution is 6.17. The number of hydrogen-bond donors (Lipinski definition) is 0. The monoisotopic (exact) mass is 227 g/mol. The Bertz CT molecular complexity index is 298. The molecule has 5 heteroatoms. The van der Waals surface area contributed by atoms with Crippen LogP contribution < -0.4 is 0 Å². The lowest BCUT2D eigenvalue weighted by atomic mass is 10.3. The molecule has 1 aliphatic heterocycles. The summed E-state index contributed by atoms with van der Waals surface area (Å²) in [6.07, 6.45) is 3.57. The molecular formula is C10H14ClN3O. The molecule has 0 saturated carbocycles. The summed E-state index contributed by atoms with van der Waals surface area (Å²) in [6.45, 7) is 4.33. The number of hydrogen-bond acceptors (Lipinski definition) is 4. The van der Waals surface area contributed by atoms with Gasteiger partial charge in [-0.1, -0.05) is 0 Å². The molecule has 0 unspecified atom stereocenters. The Morgan fingerprint density at radius 3 is 2.53 bits per heavy atom. The average molecular weight is 228 g/mol. The zero-order valence-electron chi connectivity index (χ0n) is 8.53. The van der Waals surface area contributed by atoms with Crippen molar-refractivity contribution in [3.8, 4) is 0 Å². The van der Waals surface area contributed by atoms with Gasteiger partial charge in [0.05, 0.1) is 25.6 Å². The minimum absolute atomic E-state index is 0.470. The van der Waals surface area contributed by atoms with Crippen LogP contribution in [-0.2, 0) is 17.2 Å². The minimum atomic E-state index is 0.470. The molecule has 1 saturated heterocycles. The molecule has 1 aliphatic rings. The molecule has 0 N–H and O–H groups in total. The summed E-state index contributed by atoms with van der Waals surface area (Å²) in [6, 6.07) is 0. The molecule has 0 aromatic carbocycles. The van der Waals surface area contributed by atoms with Crippen LogP contribution in [0.3, 0.4) is 0 Å². The van der Waals surface area contributed by atoms with Gasteiger partial charge in [0.2, 0.25) is 0 Å². The maximum Gasteiger partial charge on any atom is 0.142 e. The highest BCUT2D eigenvalue weighted by Crippen LogP contribution is 2.04. The van der Waals surface area contributed by atoms with E-state index in [9.17, 15) is 0 Å². The van der Waals surface area contributed by atoms with Gasteiger partial charge in [-0.2, -0.15) is 0 Å². The van der Waals surface area contributed by atoms with Crippen LogP contribution in [0.1, 0.15) is 11.4 Å². The Hall–Kier alpha value is -0.710. The lowest BCUT2D eigenvalue weighted by Crippen LogP contribution is -2.36. The quantitative estimate of drug-likeness (QED) is 0.724. The molecule has 1 fully saturated rings. The first-order valence-electron chi connectivity index (χ1n) is 5.04. The maximum absolute atomic E-state index is 5.66. The van der Waals surface area contributed by atoms with Crippen LogP contribution in [0.4, 0.5) is 0 Å². The molecule has 1 aromatic heterocycles. The van der Waals surface area contributed by atoms with Gasteiger partial charge in [0, 0.05) is 31.0 Å². The second-order valence-corrected chi connectivity index (χ2v) is 3.80. The highest BCUT2D eigenvalue weighted by atomic mass is 35.5. The van der Waals surface area contributed by atoms with Crippen molar-refractivity contribution in [1.82, 2.24) is 14.9 Å². The first kappa shape index (κ1) is 10.8. The summed E-state index contributed by atoms with van der Waals surface area (Å²) in [5, 5.41) is 0. The predicted molar refractivity (Wildman–Crippen MR) is 57.7 cm³/mol. The van der Waals surface area contributed by atoms with E-state index in [1.807, 2.05) is 0 Å². The van der Waals surface area contributed by atoms with Crippen LogP contribution in [0.5, 0.6) is 0 Å². The number of halogens is 1. The predicted octanol–water partition coefficient (Wildman–Crippen LogP) is 1.05. The topological polar surface area (TPSA) is 38.2 Å². The van der Waals surface area contributed by atoms with Crippen molar-refractivity contribution >= 4 is 11.6 Å². The van der Waals surface area contributed by atoms with Crippen molar-refractivity contribution in [2.45, 2.75) is 12.4 Å². The van der Waals surface area contributed by atoms with Crippen LogP contribution in [0.2, 0.25) is 0 Å². The molecule has 0 bridgehead atoms. The van der Waals surface area contributed by atoms with Crippen molar-refractivity contribution < 1.29 is 4.74 Å². The first-order valence-corrected chi connectivity index (χ1v) is 5.58. The van der Waals surface area contributed by atoms with E-state index in [2.05, 4.69) is 14.9 Å². The van der Waals surface area contributed by atoms with Gasteiger partial charge in [0.1, 0.15) is 5.82 Å². The zero-order valence-corrected chi connectivity index (χ0v) is 9.28. The first-order chi connectivity index (χ1) is 7.38. The van der Waals surface area contributed by atoms with Crippen molar-refractivity contribution in [1.29, 1.82) is 0 Å². The Kier molecular flexibility index (Phi) is 3.88. The Morgan fingerprint density at radius 2 is 1.93 bits per heavy atom. The van der Waals surface area contributed by atoms with Crippen LogP contribution in [0.25, 0.3) is 0 Å². The number of alkyl halides is 1. The normalized spacial score (nSPS) is 17.9. The van der Waals surface area contributed by atoms with E-state index in [1.54, 1.807) is 12.4 Å². The van der Waals surface area contributed by atoms with Crippen molar-refractivity contribution in [2.75, 3.05) is 26.3 Å². The standard InChI is InChI=1S/C10H14ClN3O/c11-5-9-6-12-10(13-7-9)8-14-1-3-15-4-2-14/h6-7H,1-5,8H2. The fourth-order valence-electron chi connectivity index (χ4n) is 1.49. The van der Waals surface area contributed by atoms with Gasteiger partial charge in [-0.05, 0) is 0 Å². The summed E-state index contributed by atoms with van der Waals surface area (Å²) in [5.41, 5.74) is 0.961. The highest BCUT2D eigenvalue weighted by Gasteiger charge is 2.11. The molecule has 0 atom stereocenters. The number of morpholine rings is 1. The van der Waals surface area contributed by atoms with Crippen molar-refractivity contribution in [3.05, 3.63) is 23.8 Å². The number of aromatic nitrogens is 2. The summed E-state index contributed by atoms with van der Waals surface area (Å²) >= 11 is 5.66. The summed E-state index contributed by atoms with van der Waals surface area (Å²) < 4.78 is 5.27. The molecule has 4 nitrogen and oxygen atoms in total. The van der Waals surface area contributed by atoms with Crippen LogP contribution in [0, 0.1) is 0 Å². The van der Waals surface area contributed by atoms with Gasteiger partial charge >= 0.3 is 0 Å². The molecule has 0 radical (unpaired) electrons. The van der Waals surface area contributed by atoms with E-state index in [4.69, 9.17) is 16.3 Å². The number of nitrogens with zero attached hydrogens (tertiary/aromatic N) is 3. The SMILES string of the molecule is ClCc1cnc(CN2CCOCC2)nc1. The third-order valence-corrected chi connectivity index (χ3v) is 2.69. The van der Waals surface area contributed by atoms with Crippen LogP contribution >= 0.6 is 11.6 Å². The van der Waals surface area contributed by atoms with E-state index in [-0.39, 0.29) is 0 Å². The van der Waals surface area contributed by atoms with Crippen molar-refractivity contribution in [2.24, 2.45) is 0 Å². The number of ether oxygens (including phenoxy) is 1. The third kappa shape index (κ3) is 3.12. The minimum Gasteiger partial charge on any atom is -0.379 e. The van der Waals surface area contributed by atoms with Crippen LogP contribution in [0.15, 0.2) is 12.4 Å². The van der Waals surface area contributed by atoms with Gasteiger partial charge < -0.3 is 4.74 Å². The van der Waals surface area contributed by atoms with E-state index >= 15 is 0 Å². The molecule has 15 heavy (non-hydrogen) atoms. The van der Waals surface area contributed by atoms with E-state index < -0.39 is 0 Å². The molecular weight excluding hydrogens is 214 g/mol. The maximum atomic E-state index is 5.66. The fourth-order valence-corrected chi connectivity index (χ4v) is 1.63. The van der Waals surface area contributed by atoms with Crippen molar-refractivity contribution in [3.63, 3.8) is 0 Å². The second-order valence-electron chi connectivity index (χ2n) is 3.53. The third-order valence-electron chi connectivity index (χ3n) is 2.38. The Labute approximate surface area is 94.2 Å². The van der Waals surface area contributed by atoms with E-state index in [1.165, 1.54) is 0 Å².